The second kappa shape index (κ2) is 7.47. The van der Waals surface area contributed by atoms with Crippen LogP contribution in [-0.2, 0) is 0 Å². The molecule has 9 unspecified atom stereocenters. The van der Waals surface area contributed by atoms with Crippen molar-refractivity contribution in [1.82, 2.24) is 0 Å². The average molecular weight is 452 g/mol. The molecular formula is C24H37I. The summed E-state index contributed by atoms with van der Waals surface area (Å²) >= 11 is 2.72. The van der Waals surface area contributed by atoms with Gasteiger partial charge in [-0.2, -0.15) is 0 Å². The van der Waals surface area contributed by atoms with E-state index >= 15 is 0 Å². The molecule has 25 heavy (non-hydrogen) atoms. The summed E-state index contributed by atoms with van der Waals surface area (Å²) < 4.78 is 0.990. The van der Waals surface area contributed by atoms with Crippen molar-refractivity contribution in [3.63, 3.8) is 0 Å². The van der Waals surface area contributed by atoms with Crippen molar-refractivity contribution >= 4 is 22.6 Å². The molecule has 0 spiro atoms. The van der Waals surface area contributed by atoms with Gasteiger partial charge in [-0.3, -0.25) is 0 Å². The lowest BCUT2D eigenvalue weighted by atomic mass is 9.55. The van der Waals surface area contributed by atoms with Crippen LogP contribution in [0.15, 0.2) is 12.2 Å². The van der Waals surface area contributed by atoms with Crippen LogP contribution in [0.2, 0.25) is 0 Å². The first-order valence-corrected chi connectivity index (χ1v) is 12.8. The molecule has 140 valence electrons. The van der Waals surface area contributed by atoms with Crippen LogP contribution in [0.1, 0.15) is 83.5 Å². The van der Waals surface area contributed by atoms with E-state index in [2.05, 4.69) is 34.7 Å². The van der Waals surface area contributed by atoms with Gasteiger partial charge in [-0.05, 0) is 131 Å². The van der Waals surface area contributed by atoms with Gasteiger partial charge in [-0.15, -0.1) is 0 Å². The van der Waals surface area contributed by atoms with Crippen molar-refractivity contribution in [2.75, 3.05) is 0 Å². The van der Waals surface area contributed by atoms with Crippen molar-refractivity contribution in [2.24, 2.45) is 47.3 Å². The fourth-order valence-electron chi connectivity index (χ4n) is 8.06. The summed E-state index contributed by atoms with van der Waals surface area (Å²) in [7, 11) is 0. The molecule has 0 saturated heterocycles. The molecule has 5 rings (SSSR count). The zero-order valence-corrected chi connectivity index (χ0v) is 18.1. The number of rotatable bonds is 1. The van der Waals surface area contributed by atoms with Gasteiger partial charge in [0.25, 0.3) is 0 Å². The number of alkyl halides is 1. The highest BCUT2D eigenvalue weighted by molar-refractivity contribution is 14.1. The van der Waals surface area contributed by atoms with Crippen LogP contribution in [0, 0.1) is 47.3 Å². The van der Waals surface area contributed by atoms with E-state index in [0.29, 0.717) is 0 Å². The molecule has 0 amide bonds. The maximum Gasteiger partial charge on any atom is 0.0112 e. The number of allylic oxidation sites excluding steroid dienone is 2. The molecule has 4 saturated carbocycles. The average Bonchev–Trinajstić information content (AvgIpc) is 2.67. The van der Waals surface area contributed by atoms with Crippen LogP contribution in [0.4, 0.5) is 0 Å². The summed E-state index contributed by atoms with van der Waals surface area (Å²) in [6.45, 7) is 0. The topological polar surface area (TPSA) is 0 Å². The van der Waals surface area contributed by atoms with Crippen molar-refractivity contribution in [1.29, 1.82) is 0 Å². The Morgan fingerprint density at radius 3 is 2.00 bits per heavy atom. The van der Waals surface area contributed by atoms with Gasteiger partial charge < -0.3 is 0 Å². The van der Waals surface area contributed by atoms with E-state index in [-0.39, 0.29) is 0 Å². The van der Waals surface area contributed by atoms with E-state index in [4.69, 9.17) is 0 Å². The van der Waals surface area contributed by atoms with Gasteiger partial charge in [0.1, 0.15) is 0 Å². The lowest BCUT2D eigenvalue weighted by Crippen LogP contribution is -2.41. The number of fused-ring (bicyclic) bond motifs is 4. The third kappa shape index (κ3) is 3.49. The summed E-state index contributed by atoms with van der Waals surface area (Å²) in [5.74, 6) is 8.61. The van der Waals surface area contributed by atoms with Gasteiger partial charge >= 0.3 is 0 Å². The predicted molar refractivity (Wildman–Crippen MR) is 115 cm³/mol. The van der Waals surface area contributed by atoms with Crippen molar-refractivity contribution in [3.05, 3.63) is 12.2 Å². The summed E-state index contributed by atoms with van der Waals surface area (Å²) in [4.78, 5) is 0. The Kier molecular flexibility index (Phi) is 5.25. The molecular weight excluding hydrogens is 415 g/mol. The van der Waals surface area contributed by atoms with E-state index in [0.717, 1.165) is 51.3 Å². The molecule has 0 bridgehead atoms. The highest BCUT2D eigenvalue weighted by Gasteiger charge is 2.44. The fraction of sp³-hybridized carbons (Fsp3) is 0.917. The minimum Gasteiger partial charge on any atom is -0.0882 e. The number of halogens is 1. The monoisotopic (exact) mass is 452 g/mol. The first-order chi connectivity index (χ1) is 12.3. The molecule has 5 aliphatic rings. The smallest absolute Gasteiger partial charge is 0.0112 e. The fourth-order valence-corrected chi connectivity index (χ4v) is 9.07. The minimum absolute atomic E-state index is 0.975. The van der Waals surface area contributed by atoms with Gasteiger partial charge in [0.05, 0.1) is 0 Å². The Hall–Kier alpha value is 0.470. The van der Waals surface area contributed by atoms with Gasteiger partial charge in [0, 0.05) is 3.92 Å². The molecule has 0 aliphatic heterocycles. The molecule has 9 atom stereocenters. The van der Waals surface area contributed by atoms with E-state index in [1.807, 2.05) is 0 Å². The Bertz CT molecular complexity index is 496. The first kappa shape index (κ1) is 17.6. The Morgan fingerprint density at radius 1 is 0.560 bits per heavy atom. The Balaban J connectivity index is 1.21. The molecule has 4 fully saturated rings. The van der Waals surface area contributed by atoms with E-state index in [1.54, 1.807) is 64.2 Å². The maximum atomic E-state index is 2.72. The molecule has 0 aromatic rings. The van der Waals surface area contributed by atoms with E-state index in [1.165, 1.54) is 19.3 Å². The van der Waals surface area contributed by atoms with Crippen LogP contribution < -0.4 is 0 Å². The van der Waals surface area contributed by atoms with Crippen molar-refractivity contribution in [2.45, 2.75) is 87.4 Å². The van der Waals surface area contributed by atoms with Crippen LogP contribution in [0.3, 0.4) is 0 Å². The molecule has 1 heteroatoms. The van der Waals surface area contributed by atoms with Crippen molar-refractivity contribution < 1.29 is 0 Å². The molecule has 0 aromatic carbocycles. The van der Waals surface area contributed by atoms with Crippen LogP contribution in [-0.4, -0.2) is 3.92 Å². The number of hydrogen-bond acceptors (Lipinski definition) is 0. The second-order valence-electron chi connectivity index (χ2n) is 10.4. The van der Waals surface area contributed by atoms with Crippen molar-refractivity contribution in [3.8, 4) is 0 Å². The highest BCUT2D eigenvalue weighted by atomic mass is 127. The van der Waals surface area contributed by atoms with Crippen LogP contribution >= 0.6 is 22.6 Å². The summed E-state index contributed by atoms with van der Waals surface area (Å²) in [5, 5.41) is 0. The molecule has 0 heterocycles. The van der Waals surface area contributed by atoms with Gasteiger partial charge in [0.2, 0.25) is 0 Å². The highest BCUT2D eigenvalue weighted by Crippen LogP contribution is 2.54. The lowest BCUT2D eigenvalue weighted by molar-refractivity contribution is 0.0151. The van der Waals surface area contributed by atoms with Gasteiger partial charge in [0.15, 0.2) is 0 Å². The van der Waals surface area contributed by atoms with E-state index < -0.39 is 0 Å². The summed E-state index contributed by atoms with van der Waals surface area (Å²) in [6.07, 6.45) is 25.3. The SMILES string of the molecule is IC1CCC2CC(C3CCC4C(CCC5CCC=CC54)C3)CCC2C1. The third-order valence-electron chi connectivity index (χ3n) is 9.35. The maximum absolute atomic E-state index is 2.72. The molecule has 0 N–H and O–H groups in total. The summed E-state index contributed by atoms with van der Waals surface area (Å²) in [5.41, 5.74) is 0. The van der Waals surface area contributed by atoms with E-state index in [9.17, 15) is 0 Å². The molecule has 0 radical (unpaired) electrons. The van der Waals surface area contributed by atoms with Crippen LogP contribution in [0.25, 0.3) is 0 Å². The second-order valence-corrected chi connectivity index (χ2v) is 12.2. The predicted octanol–water partition coefficient (Wildman–Crippen LogP) is 7.42. The Morgan fingerprint density at radius 2 is 1.16 bits per heavy atom. The quantitative estimate of drug-likeness (QED) is 0.221. The molecule has 5 aliphatic carbocycles. The first-order valence-electron chi connectivity index (χ1n) is 11.6. The largest absolute Gasteiger partial charge is 0.0882 e. The summed E-state index contributed by atoms with van der Waals surface area (Å²) in [6, 6.07) is 0. The zero-order chi connectivity index (χ0) is 16.8. The van der Waals surface area contributed by atoms with Crippen LogP contribution in [0.5, 0.6) is 0 Å². The van der Waals surface area contributed by atoms with Gasteiger partial charge in [-0.1, -0.05) is 34.7 Å². The lowest BCUT2D eigenvalue weighted by Gasteiger charge is -2.50. The zero-order valence-electron chi connectivity index (χ0n) is 15.9. The third-order valence-corrected chi connectivity index (χ3v) is 10.5. The molecule has 0 nitrogen and oxygen atoms in total. The molecule has 0 aromatic heterocycles. The Labute approximate surface area is 169 Å². The van der Waals surface area contributed by atoms with Gasteiger partial charge in [-0.25, -0.2) is 0 Å². The normalized spacial score (nSPS) is 52.8. The minimum atomic E-state index is 0.975. The number of hydrogen-bond donors (Lipinski definition) is 0. The standard InChI is InChI=1S/C24H37I/c25-22-11-9-18-13-17(6-7-20(18)15-22)19-10-12-24-21(14-19)8-5-16-3-1-2-4-23(16)24/h2,4,16-24H,1,3,5-15H2.